The van der Waals surface area contributed by atoms with Crippen molar-refractivity contribution in [2.45, 2.75) is 31.4 Å². The molecule has 0 aromatic heterocycles. The van der Waals surface area contributed by atoms with Gasteiger partial charge in [-0.25, -0.2) is 4.39 Å². The van der Waals surface area contributed by atoms with Crippen LogP contribution in [0.5, 0.6) is 0 Å². The number of benzene rings is 1. The van der Waals surface area contributed by atoms with E-state index in [9.17, 15) is 9.18 Å². The molecule has 4 nitrogen and oxygen atoms in total. The Morgan fingerprint density at radius 1 is 1.50 bits per heavy atom. The molecule has 98 valence electrons. The highest BCUT2D eigenvalue weighted by Crippen LogP contribution is 2.22. The van der Waals surface area contributed by atoms with Crippen LogP contribution in [0.2, 0.25) is 0 Å². The Kier molecular flexibility index (Phi) is 3.81. The maximum atomic E-state index is 13.2. The van der Waals surface area contributed by atoms with Crippen molar-refractivity contribution in [2.75, 3.05) is 12.8 Å². The van der Waals surface area contributed by atoms with Crippen LogP contribution < -0.4 is 11.1 Å². The number of nitrogens with one attached hydrogen (secondary N) is 1. The van der Waals surface area contributed by atoms with Gasteiger partial charge < -0.3 is 15.8 Å². The van der Waals surface area contributed by atoms with Gasteiger partial charge in [-0.15, -0.1) is 0 Å². The van der Waals surface area contributed by atoms with Gasteiger partial charge in [0, 0.05) is 18.7 Å². The van der Waals surface area contributed by atoms with Crippen LogP contribution in [0.25, 0.3) is 0 Å². The molecule has 0 radical (unpaired) electrons. The summed E-state index contributed by atoms with van der Waals surface area (Å²) in [5.74, 6) is -0.834. The molecule has 0 spiro atoms. The van der Waals surface area contributed by atoms with Crippen LogP contribution in [-0.4, -0.2) is 25.2 Å². The van der Waals surface area contributed by atoms with E-state index in [-0.39, 0.29) is 23.7 Å². The van der Waals surface area contributed by atoms with Crippen LogP contribution in [0.4, 0.5) is 10.1 Å². The van der Waals surface area contributed by atoms with Gasteiger partial charge >= 0.3 is 0 Å². The number of ether oxygens (including phenoxy) is 1. The molecule has 0 bridgehead atoms. The number of methoxy groups -OCH3 is 1. The molecule has 2 atom stereocenters. The summed E-state index contributed by atoms with van der Waals surface area (Å²) in [6, 6.07) is 4.18. The predicted molar refractivity (Wildman–Crippen MR) is 66.7 cm³/mol. The molecule has 2 unspecified atom stereocenters. The van der Waals surface area contributed by atoms with Gasteiger partial charge in [0.25, 0.3) is 5.91 Å². The fourth-order valence-corrected chi connectivity index (χ4v) is 2.22. The molecule has 0 saturated heterocycles. The van der Waals surface area contributed by atoms with Gasteiger partial charge in [-0.1, -0.05) is 0 Å². The minimum atomic E-state index is -0.566. The molecular formula is C13H17FN2O2. The zero-order chi connectivity index (χ0) is 13.1. The van der Waals surface area contributed by atoms with Crippen molar-refractivity contribution in [3.05, 3.63) is 29.6 Å². The molecular weight excluding hydrogens is 235 g/mol. The van der Waals surface area contributed by atoms with Crippen LogP contribution in [0.15, 0.2) is 18.2 Å². The second kappa shape index (κ2) is 5.35. The lowest BCUT2D eigenvalue weighted by molar-refractivity contribution is 0.0914. The number of rotatable bonds is 3. The van der Waals surface area contributed by atoms with Crippen LogP contribution in [0.3, 0.4) is 0 Å². The van der Waals surface area contributed by atoms with E-state index in [0.717, 1.165) is 25.3 Å². The standard InChI is InChI=1S/C13H17FN2O2/c1-18-10-4-3-9(7-10)16-13(17)8-2-5-12(15)11(14)6-8/h2,5-6,9-10H,3-4,7,15H2,1H3,(H,16,17). The second-order valence-electron chi connectivity index (χ2n) is 4.58. The molecule has 18 heavy (non-hydrogen) atoms. The molecule has 1 saturated carbocycles. The lowest BCUT2D eigenvalue weighted by Crippen LogP contribution is -2.33. The van der Waals surface area contributed by atoms with Gasteiger partial charge in [-0.2, -0.15) is 0 Å². The fraction of sp³-hybridized carbons (Fsp3) is 0.462. The summed E-state index contributed by atoms with van der Waals surface area (Å²) in [5.41, 5.74) is 5.71. The van der Waals surface area contributed by atoms with Crippen molar-refractivity contribution < 1.29 is 13.9 Å². The summed E-state index contributed by atoms with van der Waals surface area (Å²) in [6.45, 7) is 0. The van der Waals surface area contributed by atoms with Gasteiger partial charge in [-0.05, 0) is 37.5 Å². The largest absolute Gasteiger partial charge is 0.396 e. The Morgan fingerprint density at radius 3 is 2.89 bits per heavy atom. The van der Waals surface area contributed by atoms with E-state index in [1.807, 2.05) is 0 Å². The van der Waals surface area contributed by atoms with Crippen molar-refractivity contribution in [1.82, 2.24) is 5.32 Å². The van der Waals surface area contributed by atoms with Gasteiger partial charge in [0.2, 0.25) is 0 Å². The Balaban J connectivity index is 1.97. The first kappa shape index (κ1) is 12.8. The molecule has 2 rings (SSSR count). The highest BCUT2D eigenvalue weighted by Gasteiger charge is 2.25. The second-order valence-corrected chi connectivity index (χ2v) is 4.58. The average molecular weight is 252 g/mol. The molecule has 5 heteroatoms. The zero-order valence-corrected chi connectivity index (χ0v) is 10.3. The number of carbonyl (C=O) groups excluding carboxylic acids is 1. The molecule has 1 amide bonds. The van der Waals surface area contributed by atoms with E-state index in [2.05, 4.69) is 5.32 Å². The van der Waals surface area contributed by atoms with Crippen LogP contribution in [0.1, 0.15) is 29.6 Å². The molecule has 3 N–H and O–H groups in total. The van der Waals surface area contributed by atoms with Crippen molar-refractivity contribution in [3.63, 3.8) is 0 Å². The number of anilines is 1. The Labute approximate surface area is 105 Å². The Bertz CT molecular complexity index is 451. The van der Waals surface area contributed by atoms with Crippen LogP contribution >= 0.6 is 0 Å². The number of amides is 1. The monoisotopic (exact) mass is 252 g/mol. The van der Waals surface area contributed by atoms with E-state index in [1.54, 1.807) is 7.11 Å². The lowest BCUT2D eigenvalue weighted by atomic mass is 10.1. The highest BCUT2D eigenvalue weighted by molar-refractivity contribution is 5.94. The Morgan fingerprint density at radius 2 is 2.28 bits per heavy atom. The van der Waals surface area contributed by atoms with Crippen LogP contribution in [-0.2, 0) is 4.74 Å². The molecule has 1 aliphatic rings. The van der Waals surface area contributed by atoms with Crippen LogP contribution in [0, 0.1) is 5.82 Å². The summed E-state index contributed by atoms with van der Waals surface area (Å²) in [6.07, 6.45) is 2.84. The first-order valence-electron chi connectivity index (χ1n) is 5.99. The number of hydrogen-bond acceptors (Lipinski definition) is 3. The number of carbonyl (C=O) groups is 1. The van der Waals surface area contributed by atoms with E-state index in [1.165, 1.54) is 12.1 Å². The minimum absolute atomic E-state index is 0.0480. The van der Waals surface area contributed by atoms with Gasteiger partial charge in [0.05, 0.1) is 11.8 Å². The topological polar surface area (TPSA) is 64.3 Å². The maximum Gasteiger partial charge on any atom is 0.251 e. The number of nitrogen functional groups attached to an aromatic ring is 1. The van der Waals surface area contributed by atoms with Gasteiger partial charge in [0.15, 0.2) is 0 Å². The molecule has 1 fully saturated rings. The molecule has 1 aliphatic carbocycles. The smallest absolute Gasteiger partial charge is 0.251 e. The van der Waals surface area contributed by atoms with E-state index < -0.39 is 5.82 Å². The quantitative estimate of drug-likeness (QED) is 0.805. The van der Waals surface area contributed by atoms with Gasteiger partial charge in [-0.3, -0.25) is 4.79 Å². The van der Waals surface area contributed by atoms with Crippen molar-refractivity contribution in [3.8, 4) is 0 Å². The third-order valence-electron chi connectivity index (χ3n) is 3.32. The van der Waals surface area contributed by atoms with Gasteiger partial charge in [0.1, 0.15) is 5.82 Å². The normalized spacial score (nSPS) is 23.0. The van der Waals surface area contributed by atoms with E-state index >= 15 is 0 Å². The SMILES string of the molecule is COC1CCC(NC(=O)c2ccc(N)c(F)c2)C1. The first-order chi connectivity index (χ1) is 8.60. The third-order valence-corrected chi connectivity index (χ3v) is 3.32. The number of nitrogens with two attached hydrogens (primary N) is 1. The minimum Gasteiger partial charge on any atom is -0.396 e. The third kappa shape index (κ3) is 2.79. The molecule has 0 aliphatic heterocycles. The Hall–Kier alpha value is -1.62. The van der Waals surface area contributed by atoms with E-state index in [0.29, 0.717) is 5.56 Å². The summed E-state index contributed by atoms with van der Waals surface area (Å²) in [5, 5.41) is 2.88. The summed E-state index contributed by atoms with van der Waals surface area (Å²) in [4.78, 5) is 11.9. The molecule has 1 aromatic rings. The fourth-order valence-electron chi connectivity index (χ4n) is 2.22. The maximum absolute atomic E-state index is 13.2. The van der Waals surface area contributed by atoms with Crippen molar-refractivity contribution in [2.24, 2.45) is 0 Å². The molecule has 0 heterocycles. The summed E-state index contributed by atoms with van der Waals surface area (Å²) >= 11 is 0. The number of halogens is 1. The van der Waals surface area contributed by atoms with E-state index in [4.69, 9.17) is 10.5 Å². The highest BCUT2D eigenvalue weighted by atomic mass is 19.1. The summed E-state index contributed by atoms with van der Waals surface area (Å²) < 4.78 is 18.5. The average Bonchev–Trinajstić information content (AvgIpc) is 2.80. The lowest BCUT2D eigenvalue weighted by Gasteiger charge is -2.13. The molecule has 1 aromatic carbocycles. The van der Waals surface area contributed by atoms with Crippen molar-refractivity contribution >= 4 is 11.6 Å². The zero-order valence-electron chi connectivity index (χ0n) is 10.3. The predicted octanol–water partition coefficient (Wildman–Crippen LogP) is 1.71. The number of hydrogen-bond donors (Lipinski definition) is 2. The first-order valence-corrected chi connectivity index (χ1v) is 5.99. The summed E-state index contributed by atoms with van der Waals surface area (Å²) in [7, 11) is 1.67. The van der Waals surface area contributed by atoms with Crippen molar-refractivity contribution in [1.29, 1.82) is 0 Å².